The van der Waals surface area contributed by atoms with Crippen molar-refractivity contribution in [3.63, 3.8) is 0 Å². The molecule has 0 aliphatic carbocycles. The summed E-state index contributed by atoms with van der Waals surface area (Å²) in [5, 5.41) is 0. The summed E-state index contributed by atoms with van der Waals surface area (Å²) < 4.78 is 0. The largest absolute Gasteiger partial charge is 0.308 e. The Morgan fingerprint density at radius 3 is 2.24 bits per heavy atom. The first-order valence-corrected chi connectivity index (χ1v) is 7.53. The number of hydrogen-bond donors (Lipinski definition) is 0. The van der Waals surface area contributed by atoms with Crippen LogP contribution in [0.1, 0.15) is 31.4 Å². The Hall–Kier alpha value is -2.09. The molecule has 110 valence electrons. The minimum atomic E-state index is 0.0371. The zero-order chi connectivity index (χ0) is 15.2. The highest BCUT2D eigenvalue weighted by atomic mass is 16.2. The standard InChI is InChI=1S/C19H23NO/c1-4-16(3)19(21)20(14-17-8-6-5-7-9-17)18-12-10-15(2)11-13-18/h5-13,16H,4,14H2,1-3H3. The molecule has 0 aliphatic heterocycles. The molecule has 0 saturated carbocycles. The van der Waals surface area contributed by atoms with Crippen molar-refractivity contribution in [2.45, 2.75) is 33.7 Å². The first-order chi connectivity index (χ1) is 10.1. The Balaban J connectivity index is 2.30. The van der Waals surface area contributed by atoms with Gasteiger partial charge in [-0.15, -0.1) is 0 Å². The molecule has 0 aromatic heterocycles. The summed E-state index contributed by atoms with van der Waals surface area (Å²) in [6, 6.07) is 18.3. The number of anilines is 1. The van der Waals surface area contributed by atoms with Crippen LogP contribution in [0.4, 0.5) is 5.69 Å². The molecule has 2 aromatic carbocycles. The second-order valence-electron chi connectivity index (χ2n) is 5.55. The summed E-state index contributed by atoms with van der Waals surface area (Å²) in [6.07, 6.45) is 0.857. The molecule has 2 heteroatoms. The van der Waals surface area contributed by atoms with E-state index >= 15 is 0 Å². The number of rotatable bonds is 5. The number of aryl methyl sites for hydroxylation is 1. The van der Waals surface area contributed by atoms with Gasteiger partial charge in [-0.2, -0.15) is 0 Å². The van der Waals surface area contributed by atoms with E-state index in [1.165, 1.54) is 5.56 Å². The third-order valence-corrected chi connectivity index (χ3v) is 3.83. The number of carbonyl (C=O) groups excluding carboxylic acids is 1. The number of hydrogen-bond acceptors (Lipinski definition) is 1. The van der Waals surface area contributed by atoms with E-state index in [4.69, 9.17) is 0 Å². The molecule has 2 nitrogen and oxygen atoms in total. The van der Waals surface area contributed by atoms with Gasteiger partial charge in [-0.05, 0) is 31.0 Å². The van der Waals surface area contributed by atoms with E-state index in [2.05, 4.69) is 38.1 Å². The van der Waals surface area contributed by atoms with Gasteiger partial charge in [0.1, 0.15) is 0 Å². The van der Waals surface area contributed by atoms with Crippen LogP contribution in [-0.4, -0.2) is 5.91 Å². The van der Waals surface area contributed by atoms with Gasteiger partial charge in [-0.25, -0.2) is 0 Å². The topological polar surface area (TPSA) is 20.3 Å². The fraction of sp³-hybridized carbons (Fsp3) is 0.316. The third kappa shape index (κ3) is 3.94. The highest BCUT2D eigenvalue weighted by molar-refractivity contribution is 5.94. The number of amides is 1. The molecular weight excluding hydrogens is 258 g/mol. The van der Waals surface area contributed by atoms with Crippen molar-refractivity contribution in [1.82, 2.24) is 0 Å². The molecule has 0 fully saturated rings. The van der Waals surface area contributed by atoms with Crippen LogP contribution in [0.25, 0.3) is 0 Å². The van der Waals surface area contributed by atoms with Crippen LogP contribution in [-0.2, 0) is 11.3 Å². The highest BCUT2D eigenvalue weighted by Gasteiger charge is 2.20. The summed E-state index contributed by atoms with van der Waals surface area (Å²) in [4.78, 5) is 14.6. The predicted molar refractivity (Wildman–Crippen MR) is 88.3 cm³/mol. The Bertz CT molecular complexity index is 574. The zero-order valence-corrected chi connectivity index (χ0v) is 13.0. The van der Waals surface area contributed by atoms with Gasteiger partial charge < -0.3 is 4.90 Å². The third-order valence-electron chi connectivity index (χ3n) is 3.83. The second-order valence-corrected chi connectivity index (χ2v) is 5.55. The lowest BCUT2D eigenvalue weighted by atomic mass is 10.1. The average Bonchev–Trinajstić information content (AvgIpc) is 2.53. The SMILES string of the molecule is CCC(C)C(=O)N(Cc1ccccc1)c1ccc(C)cc1. The van der Waals surface area contributed by atoms with E-state index in [0.29, 0.717) is 6.54 Å². The first kappa shape index (κ1) is 15.3. The minimum Gasteiger partial charge on any atom is -0.308 e. The van der Waals surface area contributed by atoms with Crippen molar-refractivity contribution >= 4 is 11.6 Å². The lowest BCUT2D eigenvalue weighted by Crippen LogP contribution is -2.34. The van der Waals surface area contributed by atoms with E-state index in [-0.39, 0.29) is 11.8 Å². The van der Waals surface area contributed by atoms with Crippen LogP contribution in [0.5, 0.6) is 0 Å². The van der Waals surface area contributed by atoms with Crippen LogP contribution < -0.4 is 4.90 Å². The summed E-state index contributed by atoms with van der Waals surface area (Å²) >= 11 is 0. The van der Waals surface area contributed by atoms with Crippen LogP contribution in [0.2, 0.25) is 0 Å². The molecule has 0 spiro atoms. The summed E-state index contributed by atoms with van der Waals surface area (Å²) in [7, 11) is 0. The van der Waals surface area contributed by atoms with Gasteiger partial charge in [-0.3, -0.25) is 4.79 Å². The van der Waals surface area contributed by atoms with Crippen LogP contribution in [0.15, 0.2) is 54.6 Å². The predicted octanol–water partition coefficient (Wildman–Crippen LogP) is 4.57. The van der Waals surface area contributed by atoms with Gasteiger partial charge in [0, 0.05) is 11.6 Å². The molecule has 1 amide bonds. The molecule has 0 radical (unpaired) electrons. The minimum absolute atomic E-state index is 0.0371. The number of carbonyl (C=O) groups is 1. The molecule has 0 saturated heterocycles. The van der Waals surface area contributed by atoms with Crippen molar-refractivity contribution in [2.24, 2.45) is 5.92 Å². The van der Waals surface area contributed by atoms with E-state index in [1.54, 1.807) is 0 Å². The molecule has 0 heterocycles. The van der Waals surface area contributed by atoms with Crippen LogP contribution in [0.3, 0.4) is 0 Å². The van der Waals surface area contributed by atoms with E-state index in [9.17, 15) is 4.79 Å². The first-order valence-electron chi connectivity index (χ1n) is 7.53. The zero-order valence-electron chi connectivity index (χ0n) is 13.0. The molecule has 0 aliphatic rings. The lowest BCUT2D eigenvalue weighted by Gasteiger charge is -2.26. The van der Waals surface area contributed by atoms with Crippen molar-refractivity contribution < 1.29 is 4.79 Å². The Morgan fingerprint density at radius 1 is 1.05 bits per heavy atom. The Morgan fingerprint density at radius 2 is 1.67 bits per heavy atom. The maximum Gasteiger partial charge on any atom is 0.230 e. The van der Waals surface area contributed by atoms with Crippen molar-refractivity contribution in [3.05, 3.63) is 65.7 Å². The van der Waals surface area contributed by atoms with Gasteiger partial charge in [0.15, 0.2) is 0 Å². The van der Waals surface area contributed by atoms with Crippen LogP contribution in [0, 0.1) is 12.8 Å². The molecule has 0 N–H and O–H groups in total. The van der Waals surface area contributed by atoms with Crippen LogP contribution >= 0.6 is 0 Å². The normalized spacial score (nSPS) is 12.0. The average molecular weight is 281 g/mol. The quantitative estimate of drug-likeness (QED) is 0.786. The molecule has 2 rings (SSSR count). The fourth-order valence-electron chi connectivity index (χ4n) is 2.23. The van der Waals surface area contributed by atoms with Gasteiger partial charge in [0.05, 0.1) is 6.54 Å². The highest BCUT2D eigenvalue weighted by Crippen LogP contribution is 2.21. The monoisotopic (exact) mass is 281 g/mol. The number of benzene rings is 2. The molecule has 0 bridgehead atoms. The number of nitrogens with zero attached hydrogens (tertiary/aromatic N) is 1. The van der Waals surface area contributed by atoms with E-state index < -0.39 is 0 Å². The van der Waals surface area contributed by atoms with Crippen molar-refractivity contribution in [3.8, 4) is 0 Å². The Kier molecular flexibility index (Phi) is 5.15. The maximum atomic E-state index is 12.7. The molecule has 2 aromatic rings. The molecule has 1 atom stereocenters. The van der Waals surface area contributed by atoms with Gasteiger partial charge >= 0.3 is 0 Å². The Labute approximate surface area is 127 Å². The van der Waals surface area contributed by atoms with E-state index in [0.717, 1.165) is 17.7 Å². The maximum absolute atomic E-state index is 12.7. The van der Waals surface area contributed by atoms with Gasteiger partial charge in [-0.1, -0.05) is 61.9 Å². The summed E-state index contributed by atoms with van der Waals surface area (Å²) in [5.74, 6) is 0.222. The van der Waals surface area contributed by atoms with Gasteiger partial charge in [0.25, 0.3) is 0 Å². The van der Waals surface area contributed by atoms with E-state index in [1.807, 2.05) is 42.2 Å². The fourth-order valence-corrected chi connectivity index (χ4v) is 2.23. The van der Waals surface area contributed by atoms with Crippen molar-refractivity contribution in [2.75, 3.05) is 4.90 Å². The molecule has 1 unspecified atom stereocenters. The summed E-state index contributed by atoms with van der Waals surface area (Å²) in [5.41, 5.74) is 3.32. The summed E-state index contributed by atoms with van der Waals surface area (Å²) in [6.45, 7) is 6.72. The molecule has 21 heavy (non-hydrogen) atoms. The second kappa shape index (κ2) is 7.07. The lowest BCUT2D eigenvalue weighted by molar-refractivity contribution is -0.122. The van der Waals surface area contributed by atoms with Crippen molar-refractivity contribution in [1.29, 1.82) is 0 Å². The smallest absolute Gasteiger partial charge is 0.230 e. The van der Waals surface area contributed by atoms with Gasteiger partial charge in [0.2, 0.25) is 5.91 Å². The molecular formula is C19H23NO.